The van der Waals surface area contributed by atoms with Crippen molar-refractivity contribution < 1.29 is 0 Å². The first-order valence-electron chi connectivity index (χ1n) is 1.94. The van der Waals surface area contributed by atoms with Crippen molar-refractivity contribution in [3.8, 4) is 0 Å². The highest BCUT2D eigenvalue weighted by Gasteiger charge is 1.79. The molecule has 0 fully saturated rings. The van der Waals surface area contributed by atoms with E-state index in [4.69, 9.17) is 6.58 Å². The van der Waals surface area contributed by atoms with Crippen molar-refractivity contribution in [2.24, 2.45) is 0 Å². The van der Waals surface area contributed by atoms with Gasteiger partial charge in [0.25, 0.3) is 0 Å². The van der Waals surface area contributed by atoms with Crippen LogP contribution in [0.3, 0.4) is 0 Å². The van der Waals surface area contributed by atoms with Crippen LogP contribution < -0.4 is 0 Å². The van der Waals surface area contributed by atoms with E-state index in [2.05, 4.69) is 5.38 Å². The second-order valence-corrected chi connectivity index (χ2v) is 2.03. The van der Waals surface area contributed by atoms with Gasteiger partial charge in [-0.2, -0.15) is 0 Å². The normalized spacial score (nSPS) is 8.57. The quantitative estimate of drug-likeness (QED) is 0.516. The van der Waals surface area contributed by atoms with Crippen molar-refractivity contribution in [3.05, 3.63) is 29.0 Å². The van der Waals surface area contributed by atoms with Crippen molar-refractivity contribution in [1.29, 1.82) is 0 Å². The Bertz CT molecular complexity index is 139. The molecule has 0 aliphatic carbocycles. The Morgan fingerprint density at radius 2 is 2.71 bits per heavy atom. The summed E-state index contributed by atoms with van der Waals surface area (Å²) in [5, 5.41) is 2.91. The molecule has 0 aromatic carbocycles. The second-order valence-electron chi connectivity index (χ2n) is 1.12. The van der Waals surface area contributed by atoms with E-state index in [1.165, 1.54) is 11.3 Å². The molecule has 7 heavy (non-hydrogen) atoms. The molecule has 0 unspecified atom stereocenters. The predicted octanol–water partition coefficient (Wildman–Crippen LogP) is 1.99. The molecule has 0 nitrogen and oxygen atoms in total. The van der Waals surface area contributed by atoms with E-state index < -0.39 is 0 Å². The molecule has 0 amide bonds. The van der Waals surface area contributed by atoms with Gasteiger partial charge in [-0.15, -0.1) is 11.3 Å². The topological polar surface area (TPSA) is 0 Å². The third kappa shape index (κ3) is 0.904. The van der Waals surface area contributed by atoms with Crippen LogP contribution in [0.15, 0.2) is 12.1 Å². The van der Waals surface area contributed by atoms with Gasteiger partial charge in [0.2, 0.25) is 0 Å². The maximum atomic E-state index is 5.16. The molecule has 0 N–H and O–H groups in total. The Labute approximate surface area is 47.1 Å². The summed E-state index contributed by atoms with van der Waals surface area (Å²) >= 11 is 1.52. The fourth-order valence-corrected chi connectivity index (χ4v) is 0.818. The predicted molar refractivity (Wildman–Crippen MR) is 31.9 cm³/mol. The number of hydrogen-bond acceptors (Lipinski definition) is 1. The van der Waals surface area contributed by atoms with Crippen LogP contribution in [-0.4, -0.2) is 0 Å². The maximum Gasteiger partial charge on any atom is 0.0449 e. The first-order valence-corrected chi connectivity index (χ1v) is 2.76. The molecule has 0 atom stereocenters. The zero-order valence-corrected chi connectivity index (χ0v) is 4.53. The second kappa shape index (κ2) is 1.94. The summed E-state index contributed by atoms with van der Waals surface area (Å²) in [5.41, 5.74) is 0. The number of thiophene rings is 1. The highest BCUT2D eigenvalue weighted by Crippen LogP contribution is 2.06. The van der Waals surface area contributed by atoms with Gasteiger partial charge in [0, 0.05) is 10.3 Å². The smallest absolute Gasteiger partial charge is 0.0449 e. The van der Waals surface area contributed by atoms with Crippen LogP contribution in [0.4, 0.5) is 0 Å². The van der Waals surface area contributed by atoms with E-state index in [0.29, 0.717) is 0 Å². The monoisotopic (exact) mass is 108 g/mol. The van der Waals surface area contributed by atoms with Crippen LogP contribution >= 0.6 is 11.3 Å². The average molecular weight is 108 g/mol. The third-order valence-electron chi connectivity index (χ3n) is 0.657. The largest absolute Gasteiger partial charge is 0.135 e. The van der Waals surface area contributed by atoms with E-state index in [1.807, 2.05) is 12.1 Å². The van der Waals surface area contributed by atoms with Gasteiger partial charge in [0.15, 0.2) is 0 Å². The molecule has 0 spiro atoms. The molecule has 0 saturated heterocycles. The van der Waals surface area contributed by atoms with E-state index in [-0.39, 0.29) is 0 Å². The molecule has 0 aliphatic rings. The Hall–Kier alpha value is -0.560. The van der Waals surface area contributed by atoms with Crippen LogP contribution in [0, 0.1) is 12.0 Å². The minimum atomic E-state index is 1.07. The van der Waals surface area contributed by atoms with E-state index in [1.54, 1.807) is 6.08 Å². The van der Waals surface area contributed by atoms with Gasteiger partial charge in [0.05, 0.1) is 0 Å². The maximum absolute atomic E-state index is 5.16. The van der Waals surface area contributed by atoms with Gasteiger partial charge >= 0.3 is 0 Å². The Morgan fingerprint density at radius 3 is 3.00 bits per heavy atom. The minimum Gasteiger partial charge on any atom is -0.135 e. The van der Waals surface area contributed by atoms with Crippen molar-refractivity contribution >= 4 is 17.4 Å². The highest BCUT2D eigenvalue weighted by molar-refractivity contribution is 7.10. The average Bonchev–Trinajstić information content (AvgIpc) is 2.14. The fraction of sp³-hybridized carbons (Fsp3) is 0. The summed E-state index contributed by atoms with van der Waals surface area (Å²) in [6.45, 7) is 5.16. The summed E-state index contributed by atoms with van der Waals surface area (Å²) in [7, 11) is 0. The van der Waals surface area contributed by atoms with Crippen molar-refractivity contribution in [2.45, 2.75) is 0 Å². The highest BCUT2D eigenvalue weighted by atomic mass is 32.1. The molecule has 1 heterocycles. The molecule has 1 heteroatoms. The summed E-state index contributed by atoms with van der Waals surface area (Å²) < 4.78 is 0. The summed E-state index contributed by atoms with van der Waals surface area (Å²) in [6, 6.07) is 3.77. The van der Waals surface area contributed by atoms with Crippen LogP contribution in [-0.2, 0) is 0 Å². The van der Waals surface area contributed by atoms with Crippen LogP contribution in [0.1, 0.15) is 4.88 Å². The molecular weight excluding hydrogens is 104 g/mol. The SMILES string of the molecule is [CH]=Cc1cc[c]s1. The minimum absolute atomic E-state index is 1.07. The van der Waals surface area contributed by atoms with Crippen LogP contribution in [0.25, 0.3) is 6.08 Å². The summed E-state index contributed by atoms with van der Waals surface area (Å²) in [4.78, 5) is 1.07. The number of rotatable bonds is 1. The Kier molecular flexibility index (Phi) is 1.27. The van der Waals surface area contributed by atoms with Crippen LogP contribution in [0.2, 0.25) is 0 Å². The molecule has 2 radical (unpaired) electrons. The first kappa shape index (κ1) is 4.60. The first-order chi connectivity index (χ1) is 3.43. The molecule has 1 aromatic heterocycles. The summed E-state index contributed by atoms with van der Waals surface area (Å²) in [6.07, 6.45) is 1.57. The van der Waals surface area contributed by atoms with Gasteiger partial charge < -0.3 is 0 Å². The fourth-order valence-electron chi connectivity index (χ4n) is 0.342. The zero-order chi connectivity index (χ0) is 5.11. The molecule has 34 valence electrons. The number of hydrogen-bond donors (Lipinski definition) is 0. The molecule has 1 rings (SSSR count). The molecule has 0 bridgehead atoms. The van der Waals surface area contributed by atoms with Gasteiger partial charge in [0.1, 0.15) is 0 Å². The lowest BCUT2D eigenvalue weighted by atomic mass is 10.5. The Balaban J connectivity index is 2.96. The molecule has 0 saturated carbocycles. The van der Waals surface area contributed by atoms with Gasteiger partial charge in [-0.05, 0) is 18.2 Å². The van der Waals surface area contributed by atoms with Gasteiger partial charge in [-0.25, -0.2) is 0 Å². The Morgan fingerprint density at radius 1 is 1.86 bits per heavy atom. The molecule has 0 aliphatic heterocycles. The summed E-state index contributed by atoms with van der Waals surface area (Å²) in [5.74, 6) is 0. The van der Waals surface area contributed by atoms with E-state index in [0.717, 1.165) is 4.88 Å². The standard InChI is InChI=1S/C6H4S/c1-2-6-4-3-5-7-6/h1-4H. The lowest BCUT2D eigenvalue weighted by molar-refractivity contribution is 1.95. The van der Waals surface area contributed by atoms with E-state index >= 15 is 0 Å². The zero-order valence-electron chi connectivity index (χ0n) is 3.72. The van der Waals surface area contributed by atoms with Crippen molar-refractivity contribution in [2.75, 3.05) is 0 Å². The van der Waals surface area contributed by atoms with Gasteiger partial charge in [-0.3, -0.25) is 0 Å². The molecular formula is C6H4S. The lowest BCUT2D eigenvalue weighted by Crippen LogP contribution is -1.46. The molecule has 1 aromatic rings. The van der Waals surface area contributed by atoms with Crippen LogP contribution in [0.5, 0.6) is 0 Å². The van der Waals surface area contributed by atoms with Crippen molar-refractivity contribution in [1.82, 2.24) is 0 Å². The van der Waals surface area contributed by atoms with Gasteiger partial charge in [-0.1, -0.05) is 6.58 Å². The third-order valence-corrected chi connectivity index (χ3v) is 1.42. The van der Waals surface area contributed by atoms with Crippen molar-refractivity contribution in [3.63, 3.8) is 0 Å². The lowest BCUT2D eigenvalue weighted by Gasteiger charge is -1.70. The van der Waals surface area contributed by atoms with E-state index in [9.17, 15) is 0 Å².